The predicted molar refractivity (Wildman–Crippen MR) is 111 cm³/mol. The smallest absolute Gasteiger partial charge is 0.258 e. The van der Waals surface area contributed by atoms with Crippen molar-refractivity contribution in [3.8, 4) is 0 Å². The molecule has 3 aromatic carbocycles. The van der Waals surface area contributed by atoms with E-state index in [2.05, 4.69) is 10.6 Å². The molecule has 27 heavy (non-hydrogen) atoms. The van der Waals surface area contributed by atoms with E-state index in [1.807, 2.05) is 43.3 Å². The van der Waals surface area contributed by atoms with Gasteiger partial charge in [0.15, 0.2) is 5.11 Å². The van der Waals surface area contributed by atoms with Crippen LogP contribution in [-0.2, 0) is 0 Å². The van der Waals surface area contributed by atoms with Gasteiger partial charge in [-0.15, -0.1) is 0 Å². The molecule has 0 aliphatic carbocycles. The Kier molecular flexibility index (Phi) is 4.33. The van der Waals surface area contributed by atoms with Gasteiger partial charge in [0.1, 0.15) is 0 Å². The van der Waals surface area contributed by atoms with Gasteiger partial charge in [0.2, 0.25) is 0 Å². The predicted octanol–water partition coefficient (Wildman–Crippen LogP) is 3.95. The summed E-state index contributed by atoms with van der Waals surface area (Å²) in [6.45, 7) is 2.57. The second-order valence-electron chi connectivity index (χ2n) is 6.18. The zero-order valence-electron chi connectivity index (χ0n) is 14.7. The second-order valence-corrected chi connectivity index (χ2v) is 6.59. The molecule has 0 aromatic heterocycles. The van der Waals surface area contributed by atoms with Crippen molar-refractivity contribution in [2.24, 2.45) is 0 Å². The summed E-state index contributed by atoms with van der Waals surface area (Å²) in [7, 11) is 0. The van der Waals surface area contributed by atoms with Gasteiger partial charge < -0.3 is 10.2 Å². The average molecular weight is 375 g/mol. The Labute approximate surface area is 162 Å². The maximum atomic E-state index is 12.6. The number of nitrogens with zero attached hydrogens (tertiary/aromatic N) is 1. The van der Waals surface area contributed by atoms with Gasteiger partial charge in [0.05, 0.1) is 5.69 Å². The number of hydrogen-bond acceptors (Lipinski definition) is 3. The number of amides is 2. The molecule has 3 aromatic rings. The third kappa shape index (κ3) is 2.94. The van der Waals surface area contributed by atoms with Crippen molar-refractivity contribution in [3.05, 3.63) is 71.8 Å². The van der Waals surface area contributed by atoms with E-state index in [1.165, 1.54) is 0 Å². The van der Waals surface area contributed by atoms with Gasteiger partial charge >= 0.3 is 0 Å². The maximum Gasteiger partial charge on any atom is 0.258 e. The van der Waals surface area contributed by atoms with Crippen molar-refractivity contribution in [3.63, 3.8) is 0 Å². The van der Waals surface area contributed by atoms with E-state index in [1.54, 1.807) is 29.2 Å². The fourth-order valence-corrected chi connectivity index (χ4v) is 3.59. The topological polar surface area (TPSA) is 61.4 Å². The second kappa shape index (κ2) is 6.81. The number of benzene rings is 3. The van der Waals surface area contributed by atoms with E-state index in [-0.39, 0.29) is 16.9 Å². The van der Waals surface area contributed by atoms with E-state index >= 15 is 0 Å². The van der Waals surface area contributed by atoms with Crippen LogP contribution in [0.1, 0.15) is 27.6 Å². The lowest BCUT2D eigenvalue weighted by molar-refractivity contribution is 0.0974. The van der Waals surface area contributed by atoms with Crippen molar-refractivity contribution >= 4 is 51.3 Å². The Hall–Kier alpha value is -3.25. The molecule has 0 bridgehead atoms. The fraction of sp³-hybridized carbons (Fsp3) is 0.0952. The first-order valence-electron chi connectivity index (χ1n) is 8.65. The highest BCUT2D eigenvalue weighted by atomic mass is 32.1. The van der Waals surface area contributed by atoms with Gasteiger partial charge in [-0.3, -0.25) is 14.9 Å². The minimum atomic E-state index is -0.272. The van der Waals surface area contributed by atoms with Crippen LogP contribution in [0.25, 0.3) is 10.8 Å². The molecule has 2 amide bonds. The molecule has 0 atom stereocenters. The Morgan fingerprint density at radius 1 is 1.04 bits per heavy atom. The standard InChI is InChI=1S/C21H17N3O2S/c1-2-24-17-12-11-16(14-9-6-10-15(18(14)17)20(24)26)22-21(27)23-19(25)13-7-4-3-5-8-13/h3-12H,2H2,1H3,(H2,22,23,25,27). The van der Waals surface area contributed by atoms with Gasteiger partial charge in [-0.1, -0.05) is 30.3 Å². The van der Waals surface area contributed by atoms with Crippen LogP contribution in [0, 0.1) is 0 Å². The van der Waals surface area contributed by atoms with E-state index < -0.39 is 0 Å². The molecule has 0 radical (unpaired) electrons. The molecule has 0 spiro atoms. The fourth-order valence-electron chi connectivity index (χ4n) is 3.39. The van der Waals surface area contributed by atoms with Crippen LogP contribution >= 0.6 is 12.2 Å². The van der Waals surface area contributed by atoms with Crippen LogP contribution < -0.4 is 15.5 Å². The van der Waals surface area contributed by atoms with Crippen molar-refractivity contribution in [2.75, 3.05) is 16.8 Å². The van der Waals surface area contributed by atoms with Gasteiger partial charge in [-0.25, -0.2) is 0 Å². The normalized spacial score (nSPS) is 12.3. The molecule has 0 unspecified atom stereocenters. The van der Waals surface area contributed by atoms with E-state index in [0.717, 1.165) is 22.1 Å². The zero-order valence-corrected chi connectivity index (χ0v) is 15.5. The van der Waals surface area contributed by atoms with Gasteiger partial charge in [0, 0.05) is 34.1 Å². The molecule has 0 saturated carbocycles. The zero-order chi connectivity index (χ0) is 19.0. The SMILES string of the molecule is CCN1C(=O)c2cccc3c(NC(=S)NC(=O)c4ccccc4)ccc1c23. The Morgan fingerprint density at radius 2 is 1.81 bits per heavy atom. The minimum absolute atomic E-state index is 0.00945. The molecular formula is C21H17N3O2S. The summed E-state index contributed by atoms with van der Waals surface area (Å²) in [4.78, 5) is 26.6. The largest absolute Gasteiger partial charge is 0.332 e. The van der Waals surface area contributed by atoms with Gasteiger partial charge in [-0.05, 0) is 49.5 Å². The number of carbonyl (C=O) groups is 2. The number of nitrogens with one attached hydrogen (secondary N) is 2. The number of thiocarbonyl (C=S) groups is 1. The summed E-state index contributed by atoms with van der Waals surface area (Å²) in [6, 6.07) is 18.3. The average Bonchev–Trinajstić information content (AvgIpc) is 2.97. The van der Waals surface area contributed by atoms with Crippen LogP contribution in [0.5, 0.6) is 0 Å². The maximum absolute atomic E-state index is 12.6. The first kappa shape index (κ1) is 17.2. The lowest BCUT2D eigenvalue weighted by atomic mass is 10.0. The molecule has 0 saturated heterocycles. The number of hydrogen-bond donors (Lipinski definition) is 2. The van der Waals surface area contributed by atoms with Crippen LogP contribution in [0.4, 0.5) is 11.4 Å². The number of carbonyl (C=O) groups excluding carboxylic acids is 2. The Balaban J connectivity index is 1.62. The van der Waals surface area contributed by atoms with Gasteiger partial charge in [-0.2, -0.15) is 0 Å². The van der Waals surface area contributed by atoms with Crippen molar-refractivity contribution < 1.29 is 9.59 Å². The van der Waals surface area contributed by atoms with Crippen LogP contribution in [0.15, 0.2) is 60.7 Å². The monoisotopic (exact) mass is 375 g/mol. The molecule has 134 valence electrons. The summed E-state index contributed by atoms with van der Waals surface area (Å²) in [5.41, 5.74) is 2.87. The van der Waals surface area contributed by atoms with Crippen LogP contribution in [-0.4, -0.2) is 23.5 Å². The van der Waals surface area contributed by atoms with Crippen LogP contribution in [0.3, 0.4) is 0 Å². The van der Waals surface area contributed by atoms with Crippen LogP contribution in [0.2, 0.25) is 0 Å². The Bertz CT molecular complexity index is 1080. The molecule has 2 N–H and O–H groups in total. The minimum Gasteiger partial charge on any atom is -0.332 e. The molecule has 4 rings (SSSR count). The van der Waals surface area contributed by atoms with Crippen molar-refractivity contribution in [1.82, 2.24) is 5.32 Å². The van der Waals surface area contributed by atoms with Gasteiger partial charge in [0.25, 0.3) is 11.8 Å². The summed E-state index contributed by atoms with van der Waals surface area (Å²) in [5, 5.41) is 7.78. The third-order valence-corrected chi connectivity index (χ3v) is 4.82. The summed E-state index contributed by atoms with van der Waals surface area (Å²) in [6.07, 6.45) is 0. The highest BCUT2D eigenvalue weighted by molar-refractivity contribution is 7.80. The third-order valence-electron chi connectivity index (χ3n) is 4.61. The quantitative estimate of drug-likeness (QED) is 0.681. The lowest BCUT2D eigenvalue weighted by Gasteiger charge is -2.16. The molecule has 0 fully saturated rings. The Morgan fingerprint density at radius 3 is 2.56 bits per heavy atom. The number of anilines is 2. The molecule has 1 heterocycles. The molecular weight excluding hydrogens is 358 g/mol. The first-order valence-corrected chi connectivity index (χ1v) is 9.06. The molecule has 5 nitrogen and oxygen atoms in total. The lowest BCUT2D eigenvalue weighted by Crippen LogP contribution is -2.34. The summed E-state index contributed by atoms with van der Waals surface area (Å²) < 4.78 is 0. The molecule has 1 aliphatic rings. The highest BCUT2D eigenvalue weighted by Gasteiger charge is 2.29. The highest BCUT2D eigenvalue weighted by Crippen LogP contribution is 2.40. The molecule has 6 heteroatoms. The van der Waals surface area contributed by atoms with Crippen molar-refractivity contribution in [2.45, 2.75) is 6.92 Å². The number of rotatable bonds is 3. The summed E-state index contributed by atoms with van der Waals surface area (Å²) in [5.74, 6) is -0.262. The van der Waals surface area contributed by atoms with E-state index in [9.17, 15) is 9.59 Å². The van der Waals surface area contributed by atoms with E-state index in [4.69, 9.17) is 12.2 Å². The summed E-state index contributed by atoms with van der Waals surface area (Å²) >= 11 is 5.31. The molecule has 1 aliphatic heterocycles. The first-order chi connectivity index (χ1) is 13.1. The van der Waals surface area contributed by atoms with Crippen molar-refractivity contribution in [1.29, 1.82) is 0 Å². The van der Waals surface area contributed by atoms with E-state index in [0.29, 0.717) is 17.7 Å².